The van der Waals surface area contributed by atoms with Gasteiger partial charge in [-0.05, 0) is 110 Å². The molecule has 1 amide bonds. The van der Waals surface area contributed by atoms with Gasteiger partial charge in [-0.1, -0.05) is 48.0 Å². The number of nitrogens with zero attached hydrogens (tertiary/aromatic N) is 1. The van der Waals surface area contributed by atoms with Crippen molar-refractivity contribution in [2.75, 3.05) is 45.4 Å². The number of halogens is 1. The van der Waals surface area contributed by atoms with Crippen molar-refractivity contribution in [3.05, 3.63) is 106 Å². The molecule has 0 radical (unpaired) electrons. The summed E-state index contributed by atoms with van der Waals surface area (Å²) in [7, 11) is -1.07. The van der Waals surface area contributed by atoms with Crippen molar-refractivity contribution >= 4 is 39.2 Å². The molecular weight excluding hydrogens is 728 g/mol. The third-order valence-electron chi connectivity index (χ3n) is 11.7. The molecule has 54 heavy (non-hydrogen) atoms. The first-order valence-corrected chi connectivity index (χ1v) is 20.8. The summed E-state index contributed by atoms with van der Waals surface area (Å²) in [5.41, 5.74) is 3.53. The number of carbonyl (C=O) groups is 2. The number of rotatable bonds is 7. The van der Waals surface area contributed by atoms with E-state index in [0.717, 1.165) is 49.4 Å². The lowest BCUT2D eigenvalue weighted by atomic mass is 9.68. The van der Waals surface area contributed by atoms with Gasteiger partial charge in [0.15, 0.2) is 0 Å². The molecule has 288 valence electrons. The highest BCUT2D eigenvalue weighted by Gasteiger charge is 2.44. The number of nitrogens with one attached hydrogen (secondary N) is 1. The second-order valence-corrected chi connectivity index (χ2v) is 17.6. The molecule has 10 nitrogen and oxygen atoms in total. The first-order valence-electron chi connectivity index (χ1n) is 18.9. The second-order valence-electron chi connectivity index (χ2n) is 15.2. The smallest absolute Gasteiger partial charge is 0.338 e. The number of ether oxygens (including phenoxy) is 4. The zero-order chi connectivity index (χ0) is 37.9. The van der Waals surface area contributed by atoms with E-state index in [1.54, 1.807) is 55.6 Å². The van der Waals surface area contributed by atoms with Crippen LogP contribution in [-0.4, -0.2) is 78.3 Å². The van der Waals surface area contributed by atoms with Crippen molar-refractivity contribution in [1.82, 2.24) is 4.72 Å². The van der Waals surface area contributed by atoms with E-state index in [1.807, 2.05) is 18.2 Å². The number of hydrogen-bond donors (Lipinski definition) is 1. The quantitative estimate of drug-likeness (QED) is 0.202. The third-order valence-corrected chi connectivity index (χ3v) is 13.8. The molecule has 4 aliphatic rings. The molecular formula is C42H49ClN2O8S. The molecule has 0 saturated heterocycles. The van der Waals surface area contributed by atoms with E-state index in [0.29, 0.717) is 36.8 Å². The first-order chi connectivity index (χ1) is 26.1. The SMILES string of the molecule is COC[C@H](C[C@H]1CC/C=C\[C@H](OC)[C@@H]2CC[C@H]2CN2C[C@@]3(CCCc4cc(Cl)ccc43)COc3ccc(cc32)C(=O)NS1(=O)=O)OC(=O)c1ccccc1. The van der Waals surface area contributed by atoms with Crippen LogP contribution in [0, 0.1) is 11.8 Å². The summed E-state index contributed by atoms with van der Waals surface area (Å²) < 4.78 is 54.4. The van der Waals surface area contributed by atoms with E-state index in [9.17, 15) is 18.0 Å². The fourth-order valence-corrected chi connectivity index (χ4v) is 10.4. The highest BCUT2D eigenvalue weighted by Crippen LogP contribution is 2.47. The molecule has 12 heteroatoms. The van der Waals surface area contributed by atoms with Crippen LogP contribution in [-0.2, 0) is 36.1 Å². The Morgan fingerprint density at radius 2 is 1.91 bits per heavy atom. The number of carbonyl (C=O) groups excluding carboxylic acids is 2. The molecule has 3 aromatic rings. The predicted molar refractivity (Wildman–Crippen MR) is 208 cm³/mol. The van der Waals surface area contributed by atoms with Gasteiger partial charge >= 0.3 is 5.97 Å². The number of fused-ring (bicyclic) bond motifs is 4. The fourth-order valence-electron chi connectivity index (χ4n) is 8.80. The van der Waals surface area contributed by atoms with Gasteiger partial charge in [-0.3, -0.25) is 4.79 Å². The largest absolute Gasteiger partial charge is 0.490 e. The molecule has 2 aliphatic carbocycles. The number of esters is 1. The predicted octanol–water partition coefficient (Wildman–Crippen LogP) is 6.89. The molecule has 7 rings (SSSR count). The van der Waals surface area contributed by atoms with Gasteiger partial charge in [0.1, 0.15) is 11.9 Å². The Balaban J connectivity index is 1.22. The Labute approximate surface area is 323 Å². The zero-order valence-corrected chi connectivity index (χ0v) is 32.4. The Morgan fingerprint density at radius 3 is 2.67 bits per heavy atom. The molecule has 0 aromatic heterocycles. The monoisotopic (exact) mass is 776 g/mol. The van der Waals surface area contributed by atoms with Crippen molar-refractivity contribution in [1.29, 1.82) is 0 Å². The van der Waals surface area contributed by atoms with Crippen LogP contribution in [0.25, 0.3) is 0 Å². The van der Waals surface area contributed by atoms with Crippen LogP contribution in [0.5, 0.6) is 5.75 Å². The molecule has 3 aromatic carbocycles. The summed E-state index contributed by atoms with van der Waals surface area (Å²) in [5.74, 6) is -0.0389. The number of aryl methyl sites for hydroxylation is 1. The summed E-state index contributed by atoms with van der Waals surface area (Å²) in [6, 6.07) is 19.9. The van der Waals surface area contributed by atoms with E-state index < -0.39 is 33.3 Å². The lowest BCUT2D eigenvalue weighted by Gasteiger charge is -2.46. The Kier molecular flexibility index (Phi) is 11.7. The average molecular weight is 777 g/mol. The van der Waals surface area contributed by atoms with Crippen LogP contribution < -0.4 is 14.4 Å². The summed E-state index contributed by atoms with van der Waals surface area (Å²) >= 11 is 6.45. The van der Waals surface area contributed by atoms with Gasteiger partial charge < -0.3 is 23.8 Å². The van der Waals surface area contributed by atoms with Gasteiger partial charge in [0, 0.05) is 49.7 Å². The van der Waals surface area contributed by atoms with Crippen molar-refractivity contribution < 1.29 is 37.0 Å². The molecule has 1 fully saturated rings. The molecule has 2 heterocycles. The minimum atomic E-state index is -4.26. The lowest BCUT2D eigenvalue weighted by molar-refractivity contribution is 0.00264. The number of hydrogen-bond acceptors (Lipinski definition) is 9. The van der Waals surface area contributed by atoms with Crippen molar-refractivity contribution in [3.8, 4) is 5.75 Å². The molecule has 2 aliphatic heterocycles. The standard InChI is InChI=1S/C42H49ClN2O8S/c1-50-25-33(53-41(47)28-9-4-3-5-10-28)23-34-12-6-7-13-38(51-2)35-17-14-31(35)24-45-26-42(20-8-11-29-21-32(43)16-18-36(29)42)27-52-39-19-15-30(22-37(39)45)40(46)44-54(34,48)49/h3-5,7,9-10,13,15-16,18-19,21-22,31,33-35,38H,6,8,11-12,14,17,20,23-27H2,1-2H3,(H,44,46)/b13-7-/t31-,33-,34+,35+,38-,42-/m0/s1. The van der Waals surface area contributed by atoms with Crippen LogP contribution in [0.15, 0.2) is 78.9 Å². The van der Waals surface area contributed by atoms with Gasteiger partial charge in [0.25, 0.3) is 5.91 Å². The topological polar surface area (TPSA) is 120 Å². The summed E-state index contributed by atoms with van der Waals surface area (Å²) in [5, 5.41) is -0.347. The van der Waals surface area contributed by atoms with Crippen LogP contribution >= 0.6 is 11.6 Å². The zero-order valence-electron chi connectivity index (χ0n) is 30.9. The normalized spacial score (nSPS) is 27.5. The van der Waals surface area contributed by atoms with Crippen LogP contribution in [0.4, 0.5) is 5.69 Å². The Hall–Kier alpha value is -3.90. The van der Waals surface area contributed by atoms with E-state index >= 15 is 0 Å². The average Bonchev–Trinajstić information content (AvgIpc) is 3.30. The fraction of sp³-hybridized carbons (Fsp3) is 0.476. The Bertz CT molecular complexity index is 1970. The molecule has 1 spiro atoms. The molecule has 1 saturated carbocycles. The van der Waals surface area contributed by atoms with E-state index in [4.69, 9.17) is 30.5 Å². The van der Waals surface area contributed by atoms with Gasteiger partial charge in [0.05, 0.1) is 35.8 Å². The van der Waals surface area contributed by atoms with E-state index in [-0.39, 0.29) is 42.4 Å². The number of anilines is 1. The lowest BCUT2D eigenvalue weighted by Crippen LogP contribution is -2.49. The first kappa shape index (κ1) is 38.4. The van der Waals surface area contributed by atoms with Crippen LogP contribution in [0.1, 0.15) is 76.8 Å². The molecule has 1 N–H and O–H groups in total. The maximum Gasteiger partial charge on any atom is 0.338 e. The number of benzene rings is 3. The van der Waals surface area contributed by atoms with Gasteiger partial charge in [-0.15, -0.1) is 0 Å². The van der Waals surface area contributed by atoms with Gasteiger partial charge in [-0.25, -0.2) is 17.9 Å². The van der Waals surface area contributed by atoms with Crippen LogP contribution in [0.2, 0.25) is 5.02 Å². The molecule has 0 unspecified atom stereocenters. The highest BCUT2D eigenvalue weighted by molar-refractivity contribution is 7.90. The second kappa shape index (κ2) is 16.5. The van der Waals surface area contributed by atoms with Gasteiger partial charge in [0.2, 0.25) is 10.0 Å². The third kappa shape index (κ3) is 8.20. The summed E-state index contributed by atoms with van der Waals surface area (Å²) in [6.07, 6.45) is 8.52. The van der Waals surface area contributed by atoms with Crippen molar-refractivity contribution in [2.24, 2.45) is 11.8 Å². The number of allylic oxidation sites excluding steroid dienone is 1. The maximum atomic E-state index is 14.1. The minimum absolute atomic E-state index is 0.0111. The highest BCUT2D eigenvalue weighted by atomic mass is 35.5. The molecule has 6 atom stereocenters. The molecule has 2 bridgehead atoms. The minimum Gasteiger partial charge on any atom is -0.490 e. The van der Waals surface area contributed by atoms with Crippen LogP contribution in [0.3, 0.4) is 0 Å². The van der Waals surface area contributed by atoms with Crippen molar-refractivity contribution in [2.45, 2.75) is 74.2 Å². The summed E-state index contributed by atoms with van der Waals surface area (Å²) in [4.78, 5) is 29.3. The van der Waals surface area contributed by atoms with E-state index in [1.165, 1.54) is 18.2 Å². The summed E-state index contributed by atoms with van der Waals surface area (Å²) in [6.45, 7) is 1.89. The van der Waals surface area contributed by atoms with Crippen molar-refractivity contribution in [3.63, 3.8) is 0 Å². The number of amides is 1. The van der Waals surface area contributed by atoms with Gasteiger partial charge in [-0.2, -0.15) is 0 Å². The maximum absolute atomic E-state index is 14.1. The van der Waals surface area contributed by atoms with E-state index in [2.05, 4.69) is 21.8 Å². The Morgan fingerprint density at radius 1 is 1.07 bits per heavy atom. The number of methoxy groups -OCH3 is 2. The number of sulfonamides is 1.